The number of carbonyl (C=O) groups is 1. The van der Waals surface area contributed by atoms with Crippen LogP contribution in [0.2, 0.25) is 0 Å². The molecule has 0 bridgehead atoms. The highest BCUT2D eigenvalue weighted by Crippen LogP contribution is 2.13. The molecule has 0 radical (unpaired) electrons. The third-order valence-electron chi connectivity index (χ3n) is 3.53. The van der Waals surface area contributed by atoms with Crippen molar-refractivity contribution >= 4 is 39.5 Å². The van der Waals surface area contributed by atoms with Gasteiger partial charge in [-0.3, -0.25) is 9.78 Å². The number of nitrogens with one attached hydrogen (secondary N) is 1. The van der Waals surface area contributed by atoms with E-state index in [9.17, 15) is 4.79 Å². The first-order valence-corrected chi connectivity index (χ1v) is 9.14. The predicted molar refractivity (Wildman–Crippen MR) is 102 cm³/mol. The first kappa shape index (κ1) is 18.1. The Bertz CT molecular complexity index is 656. The van der Waals surface area contributed by atoms with Gasteiger partial charge in [0.15, 0.2) is 0 Å². The van der Waals surface area contributed by atoms with Gasteiger partial charge in [-0.1, -0.05) is 13.8 Å². The number of fused-ring (bicyclic) bond motifs is 1. The molecule has 0 atom stereocenters. The van der Waals surface area contributed by atoms with Gasteiger partial charge in [-0.25, -0.2) is 4.98 Å². The van der Waals surface area contributed by atoms with Crippen molar-refractivity contribution in [1.82, 2.24) is 20.2 Å². The van der Waals surface area contributed by atoms with Crippen LogP contribution in [0.4, 0.5) is 0 Å². The first-order chi connectivity index (χ1) is 11.1. The van der Waals surface area contributed by atoms with Crippen LogP contribution in [0.25, 0.3) is 11.0 Å². The minimum absolute atomic E-state index is 0.161. The Labute approximate surface area is 151 Å². The standard InChI is InChI=1S/C17H23IN4O/c1-3-8-22(9-4-2)10-7-19-17(23)16-12-20-15-11-13(18)5-6-14(15)21-16/h5-6,11-12H,3-4,7-10H2,1-2H3,(H,19,23). The molecule has 124 valence electrons. The Morgan fingerprint density at radius 1 is 1.17 bits per heavy atom. The molecule has 2 rings (SSSR count). The number of halogens is 1. The van der Waals surface area contributed by atoms with E-state index in [1.807, 2.05) is 18.2 Å². The van der Waals surface area contributed by atoms with E-state index >= 15 is 0 Å². The van der Waals surface area contributed by atoms with Crippen LogP contribution in [0.15, 0.2) is 24.4 Å². The number of nitrogens with zero attached hydrogens (tertiary/aromatic N) is 3. The lowest BCUT2D eigenvalue weighted by atomic mass is 10.3. The van der Waals surface area contributed by atoms with Crippen molar-refractivity contribution in [3.05, 3.63) is 33.7 Å². The Morgan fingerprint density at radius 2 is 1.91 bits per heavy atom. The minimum atomic E-state index is -0.161. The SMILES string of the molecule is CCCN(CCC)CCNC(=O)c1cnc2cc(I)ccc2n1. The van der Waals surface area contributed by atoms with Gasteiger partial charge in [0.25, 0.3) is 5.91 Å². The molecule has 1 amide bonds. The van der Waals surface area contributed by atoms with Crippen LogP contribution in [0.5, 0.6) is 0 Å². The number of aromatic nitrogens is 2. The Balaban J connectivity index is 1.94. The number of rotatable bonds is 8. The molecular weight excluding hydrogens is 403 g/mol. The topological polar surface area (TPSA) is 58.1 Å². The van der Waals surface area contributed by atoms with Crippen molar-refractivity contribution in [2.24, 2.45) is 0 Å². The van der Waals surface area contributed by atoms with Crippen molar-refractivity contribution in [1.29, 1.82) is 0 Å². The van der Waals surface area contributed by atoms with E-state index in [1.165, 1.54) is 0 Å². The number of carbonyl (C=O) groups excluding carboxylic acids is 1. The molecule has 1 heterocycles. The van der Waals surface area contributed by atoms with E-state index in [0.29, 0.717) is 12.2 Å². The fourth-order valence-corrected chi connectivity index (χ4v) is 2.95. The molecular formula is C17H23IN4O. The van der Waals surface area contributed by atoms with Crippen molar-refractivity contribution in [2.45, 2.75) is 26.7 Å². The minimum Gasteiger partial charge on any atom is -0.349 e. The molecule has 0 spiro atoms. The van der Waals surface area contributed by atoms with E-state index < -0.39 is 0 Å². The van der Waals surface area contributed by atoms with E-state index in [0.717, 1.165) is 47.1 Å². The molecule has 23 heavy (non-hydrogen) atoms. The molecule has 6 heteroatoms. The van der Waals surface area contributed by atoms with Crippen LogP contribution in [0.3, 0.4) is 0 Å². The van der Waals surface area contributed by atoms with Gasteiger partial charge < -0.3 is 10.2 Å². The van der Waals surface area contributed by atoms with Crippen LogP contribution < -0.4 is 5.32 Å². The van der Waals surface area contributed by atoms with Gasteiger partial charge in [0.1, 0.15) is 5.69 Å². The molecule has 2 aromatic rings. The Hall–Kier alpha value is -1.28. The summed E-state index contributed by atoms with van der Waals surface area (Å²) in [7, 11) is 0. The van der Waals surface area contributed by atoms with Crippen LogP contribution >= 0.6 is 22.6 Å². The molecule has 0 aliphatic heterocycles. The third-order valence-corrected chi connectivity index (χ3v) is 4.20. The van der Waals surface area contributed by atoms with E-state index in [2.05, 4.69) is 56.6 Å². The number of hydrogen-bond acceptors (Lipinski definition) is 4. The zero-order valence-corrected chi connectivity index (χ0v) is 15.8. The molecule has 0 unspecified atom stereocenters. The zero-order chi connectivity index (χ0) is 16.7. The quantitative estimate of drug-likeness (QED) is 0.660. The van der Waals surface area contributed by atoms with E-state index in [-0.39, 0.29) is 5.91 Å². The monoisotopic (exact) mass is 426 g/mol. The van der Waals surface area contributed by atoms with Crippen LogP contribution in [0.1, 0.15) is 37.2 Å². The van der Waals surface area contributed by atoms with Crippen LogP contribution in [-0.2, 0) is 0 Å². The average molecular weight is 426 g/mol. The molecule has 0 aliphatic carbocycles. The first-order valence-electron chi connectivity index (χ1n) is 8.07. The number of amides is 1. The molecule has 0 fully saturated rings. The van der Waals surface area contributed by atoms with Gasteiger partial charge in [0, 0.05) is 16.7 Å². The predicted octanol–water partition coefficient (Wildman–Crippen LogP) is 3.09. The summed E-state index contributed by atoms with van der Waals surface area (Å²) in [4.78, 5) is 23.3. The summed E-state index contributed by atoms with van der Waals surface area (Å²) >= 11 is 2.24. The van der Waals surface area contributed by atoms with Gasteiger partial charge in [-0.15, -0.1) is 0 Å². The maximum absolute atomic E-state index is 12.2. The number of benzene rings is 1. The maximum atomic E-state index is 12.2. The molecule has 1 aromatic heterocycles. The summed E-state index contributed by atoms with van der Waals surface area (Å²) in [5.74, 6) is -0.161. The summed E-state index contributed by atoms with van der Waals surface area (Å²) in [5, 5.41) is 2.94. The van der Waals surface area contributed by atoms with Gasteiger partial charge in [-0.05, 0) is 66.7 Å². The van der Waals surface area contributed by atoms with Gasteiger partial charge in [-0.2, -0.15) is 0 Å². The molecule has 5 nitrogen and oxygen atoms in total. The Morgan fingerprint density at radius 3 is 2.61 bits per heavy atom. The van der Waals surface area contributed by atoms with Crippen molar-refractivity contribution < 1.29 is 4.79 Å². The summed E-state index contributed by atoms with van der Waals surface area (Å²) in [6.07, 6.45) is 3.80. The van der Waals surface area contributed by atoms with Crippen molar-refractivity contribution in [2.75, 3.05) is 26.2 Å². The molecule has 1 aromatic carbocycles. The lowest BCUT2D eigenvalue weighted by Crippen LogP contribution is -2.36. The summed E-state index contributed by atoms with van der Waals surface area (Å²) in [6, 6.07) is 5.82. The fraction of sp³-hybridized carbons (Fsp3) is 0.471. The smallest absolute Gasteiger partial charge is 0.271 e. The summed E-state index contributed by atoms with van der Waals surface area (Å²) in [6.45, 7) is 7.98. The molecule has 0 aliphatic rings. The molecule has 1 N–H and O–H groups in total. The lowest BCUT2D eigenvalue weighted by Gasteiger charge is -2.20. The van der Waals surface area contributed by atoms with Crippen LogP contribution in [0, 0.1) is 3.57 Å². The normalized spacial score (nSPS) is 11.1. The summed E-state index contributed by atoms with van der Waals surface area (Å²) < 4.78 is 1.11. The lowest BCUT2D eigenvalue weighted by molar-refractivity contribution is 0.0943. The molecule has 0 saturated heterocycles. The van der Waals surface area contributed by atoms with Crippen molar-refractivity contribution in [3.63, 3.8) is 0 Å². The maximum Gasteiger partial charge on any atom is 0.271 e. The average Bonchev–Trinajstić information content (AvgIpc) is 2.54. The highest BCUT2D eigenvalue weighted by atomic mass is 127. The zero-order valence-electron chi connectivity index (χ0n) is 13.7. The van der Waals surface area contributed by atoms with E-state index in [1.54, 1.807) is 6.20 Å². The Kier molecular flexibility index (Phi) is 7.16. The van der Waals surface area contributed by atoms with Crippen molar-refractivity contribution in [3.8, 4) is 0 Å². The molecule has 0 saturated carbocycles. The largest absolute Gasteiger partial charge is 0.349 e. The second-order valence-corrected chi connectivity index (χ2v) is 6.73. The van der Waals surface area contributed by atoms with Gasteiger partial charge in [0.2, 0.25) is 0 Å². The highest BCUT2D eigenvalue weighted by molar-refractivity contribution is 14.1. The number of hydrogen-bond donors (Lipinski definition) is 1. The van der Waals surface area contributed by atoms with Gasteiger partial charge >= 0.3 is 0 Å². The van der Waals surface area contributed by atoms with E-state index in [4.69, 9.17) is 0 Å². The fourth-order valence-electron chi connectivity index (χ4n) is 2.48. The third kappa shape index (κ3) is 5.39. The highest BCUT2D eigenvalue weighted by Gasteiger charge is 2.10. The second-order valence-electron chi connectivity index (χ2n) is 5.49. The summed E-state index contributed by atoms with van der Waals surface area (Å²) in [5.41, 5.74) is 1.93. The second kappa shape index (κ2) is 9.12. The van der Waals surface area contributed by atoms with Gasteiger partial charge in [0.05, 0.1) is 17.2 Å². The van der Waals surface area contributed by atoms with Crippen LogP contribution in [-0.4, -0.2) is 47.0 Å².